The molecule has 0 unspecified atom stereocenters. The molecule has 1 heterocycles. The normalized spacial score (nSPS) is 10.6. The van der Waals surface area contributed by atoms with Crippen LogP contribution in [-0.2, 0) is 6.61 Å². The third-order valence-electron chi connectivity index (χ3n) is 2.69. The number of nitrogens with zero attached hydrogens (tertiary/aromatic N) is 1. The molecule has 2 aromatic rings. The van der Waals surface area contributed by atoms with Crippen molar-refractivity contribution in [2.75, 3.05) is 7.11 Å². The number of aromatic amines is 1. The van der Waals surface area contributed by atoms with E-state index in [2.05, 4.69) is 16.0 Å². The van der Waals surface area contributed by atoms with Crippen molar-refractivity contribution < 1.29 is 9.84 Å². The Labute approximate surface area is 100 Å². The summed E-state index contributed by atoms with van der Waals surface area (Å²) in [4.78, 5) is 7.15. The van der Waals surface area contributed by atoms with Crippen molar-refractivity contribution in [2.45, 2.75) is 20.5 Å². The zero-order chi connectivity index (χ0) is 12.4. The number of aromatic nitrogens is 2. The Balaban J connectivity index is 2.57. The number of aliphatic hydroxyl groups is 1. The van der Waals surface area contributed by atoms with Gasteiger partial charge in [-0.1, -0.05) is 6.07 Å². The quantitative estimate of drug-likeness (QED) is 0.852. The van der Waals surface area contributed by atoms with Crippen LogP contribution in [0.3, 0.4) is 0 Å². The van der Waals surface area contributed by atoms with Crippen LogP contribution in [0.1, 0.15) is 17.0 Å². The highest BCUT2D eigenvalue weighted by Crippen LogP contribution is 2.32. The number of hydrogen-bond donors (Lipinski definition) is 2. The Morgan fingerprint density at radius 1 is 1.35 bits per heavy atom. The fourth-order valence-electron chi connectivity index (χ4n) is 2.01. The first-order chi connectivity index (χ1) is 8.15. The molecule has 17 heavy (non-hydrogen) atoms. The minimum Gasteiger partial charge on any atom is -0.496 e. The van der Waals surface area contributed by atoms with E-state index in [1.165, 1.54) is 5.56 Å². The van der Waals surface area contributed by atoms with E-state index in [0.717, 1.165) is 22.6 Å². The molecular formula is C13H16N2O2. The van der Waals surface area contributed by atoms with Crippen LogP contribution in [0, 0.1) is 13.8 Å². The van der Waals surface area contributed by atoms with Crippen LogP contribution in [0.25, 0.3) is 11.3 Å². The number of H-pyrrole nitrogens is 1. The molecule has 0 atom stereocenters. The van der Waals surface area contributed by atoms with Crippen molar-refractivity contribution in [1.29, 1.82) is 0 Å². The molecule has 2 N–H and O–H groups in total. The summed E-state index contributed by atoms with van der Waals surface area (Å²) in [6.45, 7) is 3.96. The Kier molecular flexibility index (Phi) is 3.15. The van der Waals surface area contributed by atoms with Gasteiger partial charge >= 0.3 is 0 Å². The van der Waals surface area contributed by atoms with Crippen LogP contribution in [-0.4, -0.2) is 22.2 Å². The molecule has 1 aromatic carbocycles. The minimum atomic E-state index is -0.0902. The van der Waals surface area contributed by atoms with Gasteiger partial charge in [0.15, 0.2) is 0 Å². The molecule has 0 saturated heterocycles. The Morgan fingerprint density at radius 2 is 2.12 bits per heavy atom. The number of ether oxygens (including phenoxy) is 1. The largest absolute Gasteiger partial charge is 0.496 e. The molecule has 0 radical (unpaired) electrons. The molecule has 0 fully saturated rings. The third-order valence-corrected chi connectivity index (χ3v) is 2.69. The van der Waals surface area contributed by atoms with Gasteiger partial charge in [0.1, 0.15) is 18.2 Å². The predicted octanol–water partition coefficient (Wildman–Crippen LogP) is 2.19. The standard InChI is InChI=1S/C13H16N2O2/c1-8-4-9(2)13(17-3)10(5-8)11-6-14-12(7-16)15-11/h4-6,16H,7H2,1-3H3,(H,14,15). The highest BCUT2D eigenvalue weighted by Gasteiger charge is 2.11. The molecule has 0 amide bonds. The first-order valence-corrected chi connectivity index (χ1v) is 5.46. The maximum absolute atomic E-state index is 9.01. The fraction of sp³-hybridized carbons (Fsp3) is 0.308. The lowest BCUT2D eigenvalue weighted by Gasteiger charge is -2.11. The van der Waals surface area contributed by atoms with Gasteiger partial charge in [-0.15, -0.1) is 0 Å². The Morgan fingerprint density at radius 3 is 2.71 bits per heavy atom. The summed E-state index contributed by atoms with van der Waals surface area (Å²) in [7, 11) is 1.66. The molecule has 90 valence electrons. The second kappa shape index (κ2) is 4.59. The van der Waals surface area contributed by atoms with E-state index in [0.29, 0.717) is 5.82 Å². The number of imidazole rings is 1. The number of aliphatic hydroxyl groups excluding tert-OH is 1. The molecule has 0 aliphatic heterocycles. The van der Waals surface area contributed by atoms with Crippen molar-refractivity contribution >= 4 is 0 Å². The van der Waals surface area contributed by atoms with E-state index in [9.17, 15) is 0 Å². The molecule has 4 nitrogen and oxygen atoms in total. The van der Waals surface area contributed by atoms with E-state index in [4.69, 9.17) is 9.84 Å². The highest BCUT2D eigenvalue weighted by molar-refractivity contribution is 5.69. The van der Waals surface area contributed by atoms with E-state index in [-0.39, 0.29) is 6.61 Å². The number of methoxy groups -OCH3 is 1. The number of rotatable bonds is 3. The van der Waals surface area contributed by atoms with Gasteiger partial charge in [-0.25, -0.2) is 4.98 Å². The van der Waals surface area contributed by atoms with Crippen molar-refractivity contribution in [3.63, 3.8) is 0 Å². The van der Waals surface area contributed by atoms with Gasteiger partial charge in [-0.2, -0.15) is 0 Å². The van der Waals surface area contributed by atoms with Crippen molar-refractivity contribution in [3.8, 4) is 17.0 Å². The Bertz CT molecular complexity index is 532. The second-order valence-electron chi connectivity index (χ2n) is 4.06. The number of benzene rings is 1. The number of hydrogen-bond acceptors (Lipinski definition) is 3. The van der Waals surface area contributed by atoms with Crippen LogP contribution in [0.2, 0.25) is 0 Å². The molecule has 2 rings (SSSR count). The van der Waals surface area contributed by atoms with Gasteiger partial charge in [0.2, 0.25) is 0 Å². The summed E-state index contributed by atoms with van der Waals surface area (Å²) in [6, 6.07) is 4.12. The predicted molar refractivity (Wildman–Crippen MR) is 66.0 cm³/mol. The molecule has 4 heteroatoms. The summed E-state index contributed by atoms with van der Waals surface area (Å²) >= 11 is 0. The average molecular weight is 232 g/mol. The van der Waals surface area contributed by atoms with Gasteiger partial charge in [-0.05, 0) is 31.0 Å². The third kappa shape index (κ3) is 2.17. The van der Waals surface area contributed by atoms with Crippen LogP contribution in [0.4, 0.5) is 0 Å². The van der Waals surface area contributed by atoms with Gasteiger partial charge in [0, 0.05) is 5.56 Å². The number of aryl methyl sites for hydroxylation is 2. The lowest BCUT2D eigenvalue weighted by atomic mass is 10.0. The first kappa shape index (κ1) is 11.7. The maximum Gasteiger partial charge on any atom is 0.132 e. The van der Waals surface area contributed by atoms with Crippen LogP contribution < -0.4 is 4.74 Å². The van der Waals surface area contributed by atoms with Gasteiger partial charge in [-0.3, -0.25) is 0 Å². The molecule has 0 aliphatic carbocycles. The monoisotopic (exact) mass is 232 g/mol. The van der Waals surface area contributed by atoms with E-state index >= 15 is 0 Å². The first-order valence-electron chi connectivity index (χ1n) is 5.46. The summed E-state index contributed by atoms with van der Waals surface area (Å²) in [5.74, 6) is 1.39. The highest BCUT2D eigenvalue weighted by atomic mass is 16.5. The summed E-state index contributed by atoms with van der Waals surface area (Å²) in [5, 5.41) is 9.01. The van der Waals surface area contributed by atoms with Gasteiger partial charge in [0.25, 0.3) is 0 Å². The SMILES string of the molecule is COc1c(C)cc(C)cc1-c1cnc(CO)[nH]1. The fourth-order valence-corrected chi connectivity index (χ4v) is 2.01. The van der Waals surface area contributed by atoms with Crippen LogP contribution >= 0.6 is 0 Å². The van der Waals surface area contributed by atoms with E-state index in [1.54, 1.807) is 13.3 Å². The zero-order valence-corrected chi connectivity index (χ0v) is 10.2. The lowest BCUT2D eigenvalue weighted by molar-refractivity contribution is 0.272. The smallest absolute Gasteiger partial charge is 0.132 e. The van der Waals surface area contributed by atoms with Crippen molar-refractivity contribution in [3.05, 3.63) is 35.3 Å². The molecule has 0 saturated carbocycles. The van der Waals surface area contributed by atoms with Crippen LogP contribution in [0.15, 0.2) is 18.3 Å². The van der Waals surface area contributed by atoms with E-state index in [1.807, 2.05) is 19.9 Å². The Hall–Kier alpha value is -1.81. The maximum atomic E-state index is 9.01. The summed E-state index contributed by atoms with van der Waals surface area (Å²) < 4.78 is 5.42. The second-order valence-corrected chi connectivity index (χ2v) is 4.06. The van der Waals surface area contributed by atoms with Crippen molar-refractivity contribution in [2.24, 2.45) is 0 Å². The molecular weight excluding hydrogens is 216 g/mol. The van der Waals surface area contributed by atoms with Crippen molar-refractivity contribution in [1.82, 2.24) is 9.97 Å². The topological polar surface area (TPSA) is 58.1 Å². The van der Waals surface area contributed by atoms with Gasteiger partial charge < -0.3 is 14.8 Å². The molecule has 1 aromatic heterocycles. The number of nitrogens with one attached hydrogen (secondary N) is 1. The molecule has 0 bridgehead atoms. The summed E-state index contributed by atoms with van der Waals surface area (Å²) in [5.41, 5.74) is 4.08. The average Bonchev–Trinajstić information content (AvgIpc) is 2.76. The van der Waals surface area contributed by atoms with E-state index < -0.39 is 0 Å². The molecule has 0 spiro atoms. The lowest BCUT2D eigenvalue weighted by Crippen LogP contribution is -1.93. The minimum absolute atomic E-state index is 0.0902. The molecule has 0 aliphatic rings. The zero-order valence-electron chi connectivity index (χ0n) is 10.2. The summed E-state index contributed by atoms with van der Waals surface area (Å²) in [6.07, 6.45) is 1.71. The van der Waals surface area contributed by atoms with Gasteiger partial charge in [0.05, 0.1) is 19.0 Å². The van der Waals surface area contributed by atoms with Crippen LogP contribution in [0.5, 0.6) is 5.75 Å².